The van der Waals surface area contributed by atoms with E-state index in [4.69, 9.17) is 5.11 Å². The molecule has 1 aromatic carbocycles. The molecular formula is C11H17NO3S. The molecule has 0 aliphatic rings. The maximum atomic E-state index is 12.1. The summed E-state index contributed by atoms with van der Waals surface area (Å²) in [6.45, 7) is 3.36. The first-order valence-electron chi connectivity index (χ1n) is 5.05. The largest absolute Gasteiger partial charge is 0.395 e. The van der Waals surface area contributed by atoms with Crippen molar-refractivity contribution in [1.29, 1.82) is 0 Å². The van der Waals surface area contributed by atoms with Crippen molar-refractivity contribution in [3.8, 4) is 0 Å². The molecule has 0 amide bonds. The minimum atomic E-state index is -3.49. The first-order valence-corrected chi connectivity index (χ1v) is 6.49. The van der Waals surface area contributed by atoms with Crippen LogP contribution in [-0.4, -0.2) is 37.5 Å². The van der Waals surface area contributed by atoms with E-state index in [0.29, 0.717) is 0 Å². The van der Waals surface area contributed by atoms with Crippen LogP contribution >= 0.6 is 0 Å². The average Bonchev–Trinajstić information content (AvgIpc) is 2.27. The minimum absolute atomic E-state index is 0.193. The van der Waals surface area contributed by atoms with Crippen molar-refractivity contribution in [3.63, 3.8) is 0 Å². The number of aryl methyl sites for hydroxylation is 1. The zero-order valence-corrected chi connectivity index (χ0v) is 10.5. The van der Waals surface area contributed by atoms with Crippen LogP contribution in [0.2, 0.25) is 0 Å². The fourth-order valence-electron chi connectivity index (χ4n) is 1.23. The third kappa shape index (κ3) is 2.61. The number of nitrogens with zero attached hydrogens (tertiary/aromatic N) is 1. The molecule has 1 N–H and O–H groups in total. The maximum Gasteiger partial charge on any atom is 0.243 e. The molecule has 90 valence electrons. The Bertz CT molecular complexity index is 439. The molecule has 4 nitrogen and oxygen atoms in total. The number of aliphatic hydroxyl groups is 1. The van der Waals surface area contributed by atoms with Gasteiger partial charge in [0.25, 0.3) is 0 Å². The summed E-state index contributed by atoms with van der Waals surface area (Å²) in [5, 5.41) is 8.95. The highest BCUT2D eigenvalue weighted by molar-refractivity contribution is 7.89. The van der Waals surface area contributed by atoms with Gasteiger partial charge in [0.2, 0.25) is 10.0 Å². The zero-order chi connectivity index (χ0) is 12.3. The lowest BCUT2D eigenvalue weighted by atomic mass is 10.2. The van der Waals surface area contributed by atoms with Crippen LogP contribution in [0.25, 0.3) is 0 Å². The van der Waals surface area contributed by atoms with Crippen molar-refractivity contribution in [2.75, 3.05) is 13.7 Å². The summed E-state index contributed by atoms with van der Waals surface area (Å²) in [4.78, 5) is 0.251. The fourth-order valence-corrected chi connectivity index (χ4v) is 2.58. The smallest absolute Gasteiger partial charge is 0.243 e. The normalized spacial score (nSPS) is 14.1. The van der Waals surface area contributed by atoms with E-state index in [9.17, 15) is 8.42 Å². The lowest BCUT2D eigenvalue weighted by Gasteiger charge is -2.22. The Morgan fingerprint density at radius 3 is 2.25 bits per heavy atom. The molecule has 1 rings (SSSR count). The highest BCUT2D eigenvalue weighted by Gasteiger charge is 2.24. The van der Waals surface area contributed by atoms with E-state index in [1.54, 1.807) is 31.2 Å². The van der Waals surface area contributed by atoms with Crippen molar-refractivity contribution >= 4 is 10.0 Å². The molecular weight excluding hydrogens is 226 g/mol. The van der Waals surface area contributed by atoms with Gasteiger partial charge in [-0.05, 0) is 26.0 Å². The fraction of sp³-hybridized carbons (Fsp3) is 0.455. The van der Waals surface area contributed by atoms with E-state index in [1.165, 1.54) is 11.4 Å². The lowest BCUT2D eigenvalue weighted by Crippen LogP contribution is -2.37. The van der Waals surface area contributed by atoms with Gasteiger partial charge in [-0.2, -0.15) is 4.31 Å². The van der Waals surface area contributed by atoms with Crippen LogP contribution in [0.15, 0.2) is 29.2 Å². The van der Waals surface area contributed by atoms with Crippen LogP contribution in [0.4, 0.5) is 0 Å². The summed E-state index contributed by atoms with van der Waals surface area (Å²) < 4.78 is 25.3. The topological polar surface area (TPSA) is 57.6 Å². The minimum Gasteiger partial charge on any atom is -0.395 e. The lowest BCUT2D eigenvalue weighted by molar-refractivity contribution is 0.214. The quantitative estimate of drug-likeness (QED) is 0.858. The SMILES string of the molecule is Cc1ccc(S(=O)(=O)N(C)C(C)CO)cc1. The van der Waals surface area contributed by atoms with Gasteiger partial charge in [0, 0.05) is 13.1 Å². The summed E-state index contributed by atoms with van der Waals surface area (Å²) in [6.07, 6.45) is 0. The summed E-state index contributed by atoms with van der Waals surface area (Å²) in [5.74, 6) is 0. The number of hydrogen-bond acceptors (Lipinski definition) is 3. The molecule has 0 fully saturated rings. The molecule has 1 unspecified atom stereocenters. The highest BCUT2D eigenvalue weighted by atomic mass is 32.2. The van der Waals surface area contributed by atoms with Crippen LogP contribution in [0.5, 0.6) is 0 Å². The third-order valence-electron chi connectivity index (χ3n) is 2.58. The van der Waals surface area contributed by atoms with E-state index in [0.717, 1.165) is 5.56 Å². The molecule has 0 heterocycles. The highest BCUT2D eigenvalue weighted by Crippen LogP contribution is 2.16. The number of likely N-dealkylation sites (N-methyl/N-ethyl adjacent to an activating group) is 1. The van der Waals surface area contributed by atoms with Crippen molar-refractivity contribution in [1.82, 2.24) is 4.31 Å². The van der Waals surface area contributed by atoms with Crippen LogP contribution in [0.3, 0.4) is 0 Å². The van der Waals surface area contributed by atoms with Gasteiger partial charge in [0.1, 0.15) is 0 Å². The Morgan fingerprint density at radius 2 is 1.81 bits per heavy atom. The van der Waals surface area contributed by atoms with Gasteiger partial charge < -0.3 is 5.11 Å². The zero-order valence-electron chi connectivity index (χ0n) is 9.71. The van der Waals surface area contributed by atoms with Gasteiger partial charge >= 0.3 is 0 Å². The molecule has 16 heavy (non-hydrogen) atoms. The molecule has 0 spiro atoms. The van der Waals surface area contributed by atoms with Gasteiger partial charge in [0.15, 0.2) is 0 Å². The van der Waals surface area contributed by atoms with Crippen molar-refractivity contribution in [2.24, 2.45) is 0 Å². The Labute approximate surface area is 96.6 Å². The molecule has 0 saturated heterocycles. The van der Waals surface area contributed by atoms with Gasteiger partial charge in [-0.1, -0.05) is 17.7 Å². The predicted octanol–water partition coefficient (Wildman–Crippen LogP) is 0.996. The summed E-state index contributed by atoms with van der Waals surface area (Å²) in [7, 11) is -2.03. The third-order valence-corrected chi connectivity index (χ3v) is 4.57. The second-order valence-electron chi connectivity index (χ2n) is 3.87. The Balaban J connectivity index is 3.07. The van der Waals surface area contributed by atoms with Gasteiger partial charge in [-0.3, -0.25) is 0 Å². The predicted molar refractivity (Wildman–Crippen MR) is 62.7 cm³/mol. The number of rotatable bonds is 4. The van der Waals surface area contributed by atoms with E-state index >= 15 is 0 Å². The molecule has 0 saturated carbocycles. The second kappa shape index (κ2) is 4.95. The monoisotopic (exact) mass is 243 g/mol. The molecule has 0 aliphatic carbocycles. The van der Waals surface area contributed by atoms with Gasteiger partial charge in [0.05, 0.1) is 11.5 Å². The second-order valence-corrected chi connectivity index (χ2v) is 5.86. The number of sulfonamides is 1. The first kappa shape index (κ1) is 13.2. The molecule has 1 aromatic rings. The van der Waals surface area contributed by atoms with Crippen molar-refractivity contribution in [2.45, 2.75) is 24.8 Å². The molecule has 0 bridgehead atoms. The summed E-state index contributed by atoms with van der Waals surface area (Å²) in [6, 6.07) is 6.23. The Hall–Kier alpha value is -0.910. The summed E-state index contributed by atoms with van der Waals surface area (Å²) >= 11 is 0. The van der Waals surface area contributed by atoms with Gasteiger partial charge in [-0.25, -0.2) is 8.42 Å². The standard InChI is InChI=1S/C11H17NO3S/c1-9-4-6-11(7-5-9)16(14,15)12(3)10(2)8-13/h4-7,10,13H,8H2,1-3H3. The molecule has 1 atom stereocenters. The molecule has 0 aromatic heterocycles. The van der Waals surface area contributed by atoms with Crippen LogP contribution in [0, 0.1) is 6.92 Å². The number of hydrogen-bond donors (Lipinski definition) is 1. The average molecular weight is 243 g/mol. The van der Waals surface area contributed by atoms with Gasteiger partial charge in [-0.15, -0.1) is 0 Å². The summed E-state index contributed by atoms with van der Waals surface area (Å²) in [5.41, 5.74) is 1.01. The number of aliphatic hydroxyl groups excluding tert-OH is 1. The molecule has 0 radical (unpaired) electrons. The van der Waals surface area contributed by atoms with Crippen LogP contribution in [0.1, 0.15) is 12.5 Å². The maximum absolute atomic E-state index is 12.1. The molecule has 5 heteroatoms. The Kier molecular flexibility index (Phi) is 4.07. The van der Waals surface area contributed by atoms with E-state index in [1.807, 2.05) is 6.92 Å². The van der Waals surface area contributed by atoms with Crippen molar-refractivity contribution < 1.29 is 13.5 Å². The van der Waals surface area contributed by atoms with E-state index < -0.39 is 16.1 Å². The van der Waals surface area contributed by atoms with Crippen LogP contribution in [-0.2, 0) is 10.0 Å². The van der Waals surface area contributed by atoms with E-state index in [-0.39, 0.29) is 11.5 Å². The Morgan fingerprint density at radius 1 is 1.31 bits per heavy atom. The number of benzene rings is 1. The van der Waals surface area contributed by atoms with Crippen molar-refractivity contribution in [3.05, 3.63) is 29.8 Å². The van der Waals surface area contributed by atoms with Crippen LogP contribution < -0.4 is 0 Å². The first-order chi connectivity index (χ1) is 7.39. The molecule has 0 aliphatic heterocycles. The van der Waals surface area contributed by atoms with E-state index in [2.05, 4.69) is 0 Å².